The summed E-state index contributed by atoms with van der Waals surface area (Å²) in [6.07, 6.45) is 3.63. The van der Waals surface area contributed by atoms with Crippen LogP contribution in [0.5, 0.6) is 0 Å². The molecule has 0 bridgehead atoms. The van der Waals surface area contributed by atoms with Gasteiger partial charge in [-0.15, -0.1) is 8.20 Å². The van der Waals surface area contributed by atoms with Gasteiger partial charge >= 0.3 is 0 Å². The fourth-order valence-electron chi connectivity index (χ4n) is 0.348. The molecule has 0 spiro atoms. The summed E-state index contributed by atoms with van der Waals surface area (Å²) in [5.41, 5.74) is 0. The molecule has 0 aliphatic rings. The van der Waals surface area contributed by atoms with Crippen LogP contribution in [0.15, 0.2) is 0 Å². The molecule has 0 saturated heterocycles. The van der Waals surface area contributed by atoms with Crippen molar-refractivity contribution in [3.05, 3.63) is 11.4 Å². The molecule has 44 valence electrons. The van der Waals surface area contributed by atoms with Gasteiger partial charge in [-0.25, -0.2) is 4.85 Å². The van der Waals surface area contributed by atoms with Gasteiger partial charge in [-0.1, -0.05) is 13.3 Å². The van der Waals surface area contributed by atoms with Crippen LogP contribution in [0.25, 0.3) is 4.85 Å². The van der Waals surface area contributed by atoms with Crippen LogP contribution < -0.4 is 0 Å². The van der Waals surface area contributed by atoms with E-state index in [0.29, 0.717) is 0 Å². The molecule has 0 aromatic heterocycles. The molecule has 0 aliphatic carbocycles. The summed E-state index contributed by atoms with van der Waals surface area (Å²) in [5.74, 6) is 1.62. The zero-order chi connectivity index (χ0) is 6.24. The van der Waals surface area contributed by atoms with Gasteiger partial charge in [0.2, 0.25) is 0 Å². The maximum absolute atomic E-state index is 6.40. The zero-order valence-electron chi connectivity index (χ0n) is 5.09. The maximum atomic E-state index is 6.40. The fraction of sp³-hybridized carbons (Fsp3) is 0.667. The molecule has 0 atom stereocenters. The van der Waals surface area contributed by atoms with E-state index in [9.17, 15) is 0 Å². The Hall–Kier alpha value is -0.340. The molecule has 0 saturated carbocycles. The molecule has 0 unspecified atom stereocenters. The van der Waals surface area contributed by atoms with Gasteiger partial charge in [-0.2, -0.15) is 0 Å². The predicted molar refractivity (Wildman–Crippen MR) is 39.4 cm³/mol. The van der Waals surface area contributed by atoms with Crippen molar-refractivity contribution in [3.63, 3.8) is 0 Å². The second-order valence-electron chi connectivity index (χ2n) is 1.50. The molecule has 0 rings (SSSR count). The molecule has 0 radical (unpaired) electrons. The summed E-state index contributed by atoms with van der Waals surface area (Å²) in [6.45, 7) is 8.56. The second kappa shape index (κ2) is 6.66. The van der Waals surface area contributed by atoms with Crippen molar-refractivity contribution in [2.75, 3.05) is 6.16 Å². The van der Waals surface area contributed by atoms with E-state index < -0.39 is 0 Å². The van der Waals surface area contributed by atoms with Gasteiger partial charge in [-0.3, -0.25) is 0 Å². The smallest absolute Gasteiger partial charge is 0.174 e. The first-order valence-electron chi connectivity index (χ1n) is 2.76. The molecule has 2 heteroatoms. The topological polar surface area (TPSA) is 4.36 Å². The molecule has 0 heterocycles. The molecule has 1 nitrogen and oxygen atoms in total. The van der Waals surface area contributed by atoms with Crippen molar-refractivity contribution in [2.24, 2.45) is 0 Å². The van der Waals surface area contributed by atoms with E-state index in [0.717, 1.165) is 6.16 Å². The molecular weight excluding hydrogens is 117 g/mol. The monoisotopic (exact) mass is 127 g/mol. The van der Waals surface area contributed by atoms with E-state index in [1.54, 1.807) is 5.92 Å². The number of unbranched alkanes of at least 4 members (excludes halogenated alkanes) is 1. The molecule has 0 aromatic rings. The Labute approximate surface area is 52.3 Å². The van der Waals surface area contributed by atoms with Gasteiger partial charge < -0.3 is 0 Å². The number of hydrogen-bond acceptors (Lipinski definition) is 0. The van der Waals surface area contributed by atoms with Gasteiger partial charge in [0, 0.05) is 0 Å². The van der Waals surface area contributed by atoms with Crippen LogP contribution in [-0.4, -0.2) is 12.1 Å². The summed E-state index contributed by atoms with van der Waals surface area (Å²) >= 11 is 0. The molecule has 0 N–H and O–H groups in total. The minimum atomic E-state index is 1.15. The molecule has 0 aliphatic heterocycles. The maximum Gasteiger partial charge on any atom is 0.174 e. The largest absolute Gasteiger partial charge is 0.241 e. The molecule has 0 fully saturated rings. The Morgan fingerprint density at radius 3 is 3.00 bits per heavy atom. The lowest BCUT2D eigenvalue weighted by molar-refractivity contribution is 0.896. The lowest BCUT2D eigenvalue weighted by atomic mass is 10.4. The quantitative estimate of drug-likeness (QED) is 0.311. The average molecular weight is 127 g/mol. The standard InChI is InChI=1S/C6H10NP/c1-3-4-5-8-6-7-2/h6H,3-5H2,1H3. The van der Waals surface area contributed by atoms with Crippen LogP contribution in [0.4, 0.5) is 0 Å². The third kappa shape index (κ3) is 5.66. The van der Waals surface area contributed by atoms with Crippen LogP contribution >= 0.6 is 8.20 Å². The van der Waals surface area contributed by atoms with E-state index in [2.05, 4.69) is 11.8 Å². The number of rotatable bonds is 3. The van der Waals surface area contributed by atoms with Crippen LogP contribution in [0.3, 0.4) is 0 Å². The van der Waals surface area contributed by atoms with Crippen molar-refractivity contribution in [3.8, 4) is 0 Å². The number of nitrogens with zero attached hydrogens (tertiary/aromatic N) is 1. The summed E-state index contributed by atoms with van der Waals surface area (Å²) in [5, 5.41) is 0. The van der Waals surface area contributed by atoms with Crippen LogP contribution in [0.1, 0.15) is 19.8 Å². The first-order chi connectivity index (χ1) is 3.91. The third-order valence-electron chi connectivity index (χ3n) is 0.780. The van der Waals surface area contributed by atoms with E-state index in [1.807, 2.05) is 0 Å². The minimum absolute atomic E-state index is 1.15. The van der Waals surface area contributed by atoms with E-state index >= 15 is 0 Å². The molecule has 0 amide bonds. The normalized spacial score (nSPS) is 9.50. The molecule has 8 heavy (non-hydrogen) atoms. The minimum Gasteiger partial charge on any atom is -0.241 e. The summed E-state index contributed by atoms with van der Waals surface area (Å²) in [4.78, 5) is 3.12. The fourth-order valence-corrected chi connectivity index (χ4v) is 1.04. The van der Waals surface area contributed by atoms with Crippen molar-refractivity contribution in [1.29, 1.82) is 0 Å². The van der Waals surface area contributed by atoms with Crippen LogP contribution in [0, 0.1) is 6.57 Å². The summed E-state index contributed by atoms with van der Waals surface area (Å²) < 4.78 is 0. The first kappa shape index (κ1) is 7.66. The van der Waals surface area contributed by atoms with Gasteiger partial charge in [0.25, 0.3) is 0 Å². The Bertz CT molecular complexity index is 102. The highest BCUT2D eigenvalue weighted by Gasteiger charge is 1.74. The van der Waals surface area contributed by atoms with Gasteiger partial charge in [-0.05, 0) is 12.6 Å². The SMILES string of the molecule is [C-]#[N+]C=PCCCC. The zero-order valence-corrected chi connectivity index (χ0v) is 5.99. The van der Waals surface area contributed by atoms with Gasteiger partial charge in [0.05, 0.1) is 6.57 Å². The Kier molecular flexibility index (Phi) is 6.38. The lowest BCUT2D eigenvalue weighted by Gasteiger charge is -1.83. The van der Waals surface area contributed by atoms with Crippen molar-refractivity contribution >= 4 is 14.1 Å². The summed E-state index contributed by atoms with van der Waals surface area (Å²) in [6, 6.07) is 0. The van der Waals surface area contributed by atoms with E-state index in [4.69, 9.17) is 6.57 Å². The molecular formula is C6H10NP. The Balaban J connectivity index is 2.94. The average Bonchev–Trinajstić information content (AvgIpc) is 1.81. The van der Waals surface area contributed by atoms with Crippen molar-refractivity contribution < 1.29 is 0 Å². The Morgan fingerprint density at radius 2 is 2.50 bits per heavy atom. The highest BCUT2D eigenvalue weighted by Crippen LogP contribution is 1.98. The van der Waals surface area contributed by atoms with Gasteiger partial charge in [0.1, 0.15) is 0 Å². The van der Waals surface area contributed by atoms with Crippen LogP contribution in [-0.2, 0) is 0 Å². The summed E-state index contributed by atoms with van der Waals surface area (Å²) in [7, 11) is 1.18. The Morgan fingerprint density at radius 1 is 1.75 bits per heavy atom. The van der Waals surface area contributed by atoms with E-state index in [-0.39, 0.29) is 0 Å². The van der Waals surface area contributed by atoms with Crippen molar-refractivity contribution in [2.45, 2.75) is 19.8 Å². The third-order valence-corrected chi connectivity index (χ3v) is 1.63. The van der Waals surface area contributed by atoms with Crippen LogP contribution in [0.2, 0.25) is 0 Å². The highest BCUT2D eigenvalue weighted by atomic mass is 31.1. The van der Waals surface area contributed by atoms with Crippen molar-refractivity contribution in [1.82, 2.24) is 0 Å². The van der Waals surface area contributed by atoms with Gasteiger partial charge in [0.15, 0.2) is 5.92 Å². The van der Waals surface area contributed by atoms with E-state index in [1.165, 1.54) is 21.0 Å². The molecule has 0 aromatic carbocycles. The first-order valence-corrected chi connectivity index (χ1v) is 3.91. The lowest BCUT2D eigenvalue weighted by Crippen LogP contribution is -1.68. The predicted octanol–water partition coefficient (Wildman–Crippen LogP) is 2.41. The number of hydrogen-bond donors (Lipinski definition) is 0. The highest BCUT2D eigenvalue weighted by molar-refractivity contribution is 7.38. The second-order valence-corrected chi connectivity index (χ2v) is 2.55.